The monoisotopic (exact) mass is 232 g/mol. The first kappa shape index (κ1) is 14.8. The van der Waals surface area contributed by atoms with Crippen LogP contribution in [0.1, 0.15) is 39.5 Å². The maximum absolute atomic E-state index is 8.99. The van der Waals surface area contributed by atoms with Crippen LogP contribution < -0.4 is 5.73 Å². The first-order valence-electron chi connectivity index (χ1n) is 5.78. The molecule has 0 saturated heterocycles. The average molecular weight is 232 g/mol. The van der Waals surface area contributed by atoms with E-state index in [1.54, 1.807) is 0 Å². The summed E-state index contributed by atoms with van der Waals surface area (Å²) in [4.78, 5) is 2.92. The molecule has 0 saturated carbocycles. The third kappa shape index (κ3) is 6.82. The quantitative estimate of drug-likeness (QED) is 0.592. The molecule has 0 aromatic carbocycles. The van der Waals surface area contributed by atoms with E-state index in [0.717, 1.165) is 38.8 Å². The second-order valence-corrected chi connectivity index (χ2v) is 4.32. The molecule has 0 aromatic heterocycles. The number of thiocarbonyl (C=S) groups is 1. The first-order valence-corrected chi connectivity index (χ1v) is 6.19. The average Bonchev–Trinajstić information content (AvgIpc) is 2.19. The highest BCUT2D eigenvalue weighted by molar-refractivity contribution is 7.80. The molecule has 90 valence electrons. The number of hydrogen-bond acceptors (Lipinski definition) is 3. The van der Waals surface area contributed by atoms with E-state index in [2.05, 4.69) is 18.7 Å². The molecule has 0 bridgehead atoms. The fourth-order valence-corrected chi connectivity index (χ4v) is 2.01. The van der Waals surface area contributed by atoms with Crippen molar-refractivity contribution in [1.29, 1.82) is 0 Å². The summed E-state index contributed by atoms with van der Waals surface area (Å²) in [6.45, 7) is 6.33. The number of nitrogens with two attached hydrogens (primary N) is 1. The van der Waals surface area contributed by atoms with E-state index in [1.807, 2.05) is 0 Å². The van der Waals surface area contributed by atoms with E-state index < -0.39 is 0 Å². The zero-order valence-electron chi connectivity index (χ0n) is 9.91. The van der Waals surface area contributed by atoms with Crippen molar-refractivity contribution < 1.29 is 5.11 Å². The van der Waals surface area contributed by atoms with E-state index in [-0.39, 0.29) is 6.61 Å². The van der Waals surface area contributed by atoms with Gasteiger partial charge in [0.05, 0.1) is 11.6 Å². The van der Waals surface area contributed by atoms with E-state index in [9.17, 15) is 0 Å². The topological polar surface area (TPSA) is 49.5 Å². The molecule has 0 heterocycles. The zero-order valence-corrected chi connectivity index (χ0v) is 10.7. The molecule has 3 nitrogen and oxygen atoms in total. The fraction of sp³-hybridized carbons (Fsp3) is 0.909. The molecule has 15 heavy (non-hydrogen) atoms. The summed E-state index contributed by atoms with van der Waals surface area (Å²) in [5.74, 6) is 0. The Morgan fingerprint density at radius 2 is 1.93 bits per heavy atom. The van der Waals surface area contributed by atoms with Crippen molar-refractivity contribution in [3.8, 4) is 0 Å². The predicted octanol–water partition coefficient (Wildman–Crippen LogP) is 1.54. The summed E-state index contributed by atoms with van der Waals surface area (Å²) in [7, 11) is 0. The Hall–Kier alpha value is -0.190. The van der Waals surface area contributed by atoms with Crippen molar-refractivity contribution in [2.45, 2.75) is 45.6 Å². The highest BCUT2D eigenvalue weighted by Crippen LogP contribution is 2.09. The van der Waals surface area contributed by atoms with Gasteiger partial charge in [-0.15, -0.1) is 0 Å². The summed E-state index contributed by atoms with van der Waals surface area (Å²) < 4.78 is 0. The summed E-state index contributed by atoms with van der Waals surface area (Å²) in [6.07, 6.45) is 4.05. The van der Waals surface area contributed by atoms with Gasteiger partial charge < -0.3 is 10.8 Å². The van der Waals surface area contributed by atoms with Crippen LogP contribution in [-0.2, 0) is 0 Å². The lowest BCUT2D eigenvalue weighted by molar-refractivity contribution is 0.143. The molecule has 3 N–H and O–H groups in total. The number of hydrogen-bond donors (Lipinski definition) is 2. The van der Waals surface area contributed by atoms with E-state index >= 15 is 0 Å². The maximum atomic E-state index is 8.99. The number of aliphatic hydroxyl groups is 1. The summed E-state index contributed by atoms with van der Waals surface area (Å²) >= 11 is 4.84. The highest BCUT2D eigenvalue weighted by atomic mass is 32.1. The van der Waals surface area contributed by atoms with Gasteiger partial charge in [0.15, 0.2) is 0 Å². The Morgan fingerprint density at radius 1 is 1.33 bits per heavy atom. The molecule has 0 fully saturated rings. The van der Waals surface area contributed by atoms with E-state index in [4.69, 9.17) is 23.1 Å². The lowest BCUT2D eigenvalue weighted by atomic mass is 10.1. The molecule has 0 radical (unpaired) electrons. The van der Waals surface area contributed by atoms with Gasteiger partial charge in [-0.25, -0.2) is 0 Å². The van der Waals surface area contributed by atoms with Crippen LogP contribution in [0.4, 0.5) is 0 Å². The second-order valence-electron chi connectivity index (χ2n) is 3.80. The van der Waals surface area contributed by atoms with Crippen LogP contribution >= 0.6 is 12.2 Å². The van der Waals surface area contributed by atoms with Gasteiger partial charge in [-0.3, -0.25) is 4.90 Å². The lowest BCUT2D eigenvalue weighted by Crippen LogP contribution is -2.37. The SMILES string of the molecule is CCC(CC)N(CCO)CCCC(N)=S. The summed E-state index contributed by atoms with van der Waals surface area (Å²) in [5.41, 5.74) is 5.46. The largest absolute Gasteiger partial charge is 0.395 e. The molecule has 0 amide bonds. The van der Waals surface area contributed by atoms with Gasteiger partial charge in [0.1, 0.15) is 0 Å². The van der Waals surface area contributed by atoms with Gasteiger partial charge in [0, 0.05) is 12.6 Å². The van der Waals surface area contributed by atoms with Crippen LogP contribution in [-0.4, -0.2) is 40.7 Å². The van der Waals surface area contributed by atoms with Gasteiger partial charge in [-0.05, 0) is 32.2 Å². The molecule has 0 aliphatic carbocycles. The molecule has 0 atom stereocenters. The normalized spacial score (nSPS) is 11.3. The van der Waals surface area contributed by atoms with E-state index in [1.165, 1.54) is 0 Å². The van der Waals surface area contributed by atoms with Crippen molar-refractivity contribution in [3.63, 3.8) is 0 Å². The van der Waals surface area contributed by atoms with Crippen LogP contribution in [0.5, 0.6) is 0 Å². The van der Waals surface area contributed by atoms with Crippen LogP contribution in [0.25, 0.3) is 0 Å². The van der Waals surface area contributed by atoms with Gasteiger partial charge >= 0.3 is 0 Å². The third-order valence-electron chi connectivity index (χ3n) is 2.71. The van der Waals surface area contributed by atoms with Gasteiger partial charge in [0.2, 0.25) is 0 Å². The Morgan fingerprint density at radius 3 is 2.33 bits per heavy atom. The molecular weight excluding hydrogens is 208 g/mol. The molecule has 0 rings (SSSR count). The molecule has 0 spiro atoms. The van der Waals surface area contributed by atoms with Crippen molar-refractivity contribution in [3.05, 3.63) is 0 Å². The van der Waals surface area contributed by atoms with Crippen LogP contribution in [0.15, 0.2) is 0 Å². The van der Waals surface area contributed by atoms with E-state index in [0.29, 0.717) is 11.0 Å². The van der Waals surface area contributed by atoms with Crippen molar-refractivity contribution >= 4 is 17.2 Å². The van der Waals surface area contributed by atoms with Crippen molar-refractivity contribution in [2.75, 3.05) is 19.7 Å². The second kappa shape index (κ2) is 9.07. The Labute approximate surface area is 98.6 Å². The molecule has 0 unspecified atom stereocenters. The molecule has 4 heteroatoms. The Balaban J connectivity index is 3.96. The van der Waals surface area contributed by atoms with Crippen LogP contribution in [0.2, 0.25) is 0 Å². The number of nitrogens with zero attached hydrogens (tertiary/aromatic N) is 1. The van der Waals surface area contributed by atoms with Crippen molar-refractivity contribution in [2.24, 2.45) is 5.73 Å². The number of aliphatic hydroxyl groups excluding tert-OH is 1. The predicted molar refractivity (Wildman–Crippen MR) is 69.0 cm³/mol. The standard InChI is InChI=1S/C11H24N2OS/c1-3-10(4-2)13(8-9-14)7-5-6-11(12)15/h10,14H,3-9H2,1-2H3,(H2,12,15). The van der Waals surface area contributed by atoms with Gasteiger partial charge in [-0.1, -0.05) is 26.1 Å². The first-order chi connectivity index (χ1) is 7.15. The zero-order chi connectivity index (χ0) is 11.7. The Bertz CT molecular complexity index is 172. The van der Waals surface area contributed by atoms with Crippen LogP contribution in [0, 0.1) is 0 Å². The lowest BCUT2D eigenvalue weighted by Gasteiger charge is -2.29. The molecule has 0 aliphatic rings. The molecule has 0 aliphatic heterocycles. The smallest absolute Gasteiger partial charge is 0.0727 e. The minimum Gasteiger partial charge on any atom is -0.395 e. The summed E-state index contributed by atoms with van der Waals surface area (Å²) in [6, 6.07) is 0.573. The van der Waals surface area contributed by atoms with Crippen molar-refractivity contribution in [1.82, 2.24) is 4.90 Å². The van der Waals surface area contributed by atoms with Gasteiger partial charge in [0.25, 0.3) is 0 Å². The minimum atomic E-state index is 0.226. The maximum Gasteiger partial charge on any atom is 0.0727 e. The highest BCUT2D eigenvalue weighted by Gasteiger charge is 2.13. The summed E-state index contributed by atoms with van der Waals surface area (Å²) in [5, 5.41) is 8.99. The minimum absolute atomic E-state index is 0.226. The fourth-order valence-electron chi connectivity index (χ4n) is 1.87. The molecular formula is C11H24N2OS. The van der Waals surface area contributed by atoms with Crippen LogP contribution in [0.3, 0.4) is 0 Å². The third-order valence-corrected chi connectivity index (χ3v) is 2.92. The Kier molecular flexibility index (Phi) is 8.95. The molecule has 0 aromatic rings. The van der Waals surface area contributed by atoms with Gasteiger partial charge in [-0.2, -0.15) is 0 Å². The number of rotatable bonds is 9.